The number of benzene rings is 1. The van der Waals surface area contributed by atoms with Gasteiger partial charge in [-0.1, -0.05) is 12.1 Å². The summed E-state index contributed by atoms with van der Waals surface area (Å²) in [5.41, 5.74) is 3.69. The van der Waals surface area contributed by atoms with E-state index in [-0.39, 0.29) is 11.8 Å². The van der Waals surface area contributed by atoms with E-state index in [9.17, 15) is 9.59 Å². The van der Waals surface area contributed by atoms with Gasteiger partial charge < -0.3 is 15.2 Å². The van der Waals surface area contributed by atoms with E-state index in [1.165, 1.54) is 0 Å². The lowest BCUT2D eigenvalue weighted by atomic mass is 10.1. The summed E-state index contributed by atoms with van der Waals surface area (Å²) < 4.78 is 0.864. The molecule has 1 fully saturated rings. The molecule has 26 heavy (non-hydrogen) atoms. The molecular weight excluding hydrogens is 396 g/mol. The number of H-pyrrole nitrogens is 1. The Balaban J connectivity index is 1.50. The van der Waals surface area contributed by atoms with Crippen molar-refractivity contribution in [3.63, 3.8) is 0 Å². The second-order valence-corrected chi connectivity index (χ2v) is 7.51. The maximum absolute atomic E-state index is 12.4. The highest BCUT2D eigenvalue weighted by molar-refractivity contribution is 9.10. The van der Waals surface area contributed by atoms with Crippen LogP contribution in [-0.4, -0.2) is 59.3 Å². The number of hydrogen-bond donors (Lipinski definition) is 2. The number of halogens is 1. The van der Waals surface area contributed by atoms with E-state index in [1.807, 2.05) is 36.9 Å². The van der Waals surface area contributed by atoms with Crippen LogP contribution in [0.1, 0.15) is 21.6 Å². The van der Waals surface area contributed by atoms with Gasteiger partial charge in [-0.05, 0) is 53.0 Å². The van der Waals surface area contributed by atoms with Crippen LogP contribution in [0.25, 0.3) is 0 Å². The fourth-order valence-corrected chi connectivity index (χ4v) is 3.39. The molecule has 2 aromatic rings. The summed E-state index contributed by atoms with van der Waals surface area (Å²) in [6.45, 7) is 6.99. The molecule has 138 valence electrons. The number of piperazine rings is 1. The Morgan fingerprint density at radius 1 is 1.19 bits per heavy atom. The molecule has 0 aliphatic carbocycles. The van der Waals surface area contributed by atoms with Crippen LogP contribution in [0.15, 0.2) is 34.9 Å². The van der Waals surface area contributed by atoms with Crippen LogP contribution in [0.3, 0.4) is 0 Å². The minimum absolute atomic E-state index is 0.00446. The highest BCUT2D eigenvalue weighted by atomic mass is 79.9. The first-order valence-electron chi connectivity index (χ1n) is 8.65. The summed E-state index contributed by atoms with van der Waals surface area (Å²) in [4.78, 5) is 31.6. The number of rotatable bonds is 4. The Morgan fingerprint density at radius 3 is 2.58 bits per heavy atom. The lowest BCUT2D eigenvalue weighted by molar-refractivity contribution is -0.117. The van der Waals surface area contributed by atoms with Gasteiger partial charge in [0.25, 0.3) is 5.91 Å². The lowest BCUT2D eigenvalue weighted by Crippen LogP contribution is -2.50. The molecule has 1 saturated heterocycles. The summed E-state index contributed by atoms with van der Waals surface area (Å²) in [5.74, 6) is -0.0260. The van der Waals surface area contributed by atoms with Crippen molar-refractivity contribution in [1.29, 1.82) is 0 Å². The number of amides is 2. The van der Waals surface area contributed by atoms with Crippen LogP contribution in [0.4, 0.5) is 5.69 Å². The van der Waals surface area contributed by atoms with Crippen LogP contribution < -0.4 is 5.32 Å². The van der Waals surface area contributed by atoms with Crippen molar-refractivity contribution >= 4 is 33.4 Å². The van der Waals surface area contributed by atoms with E-state index in [0.717, 1.165) is 21.3 Å². The average Bonchev–Trinajstić information content (AvgIpc) is 3.05. The summed E-state index contributed by atoms with van der Waals surface area (Å²) in [7, 11) is 0. The Hall–Kier alpha value is -2.12. The Labute approximate surface area is 161 Å². The van der Waals surface area contributed by atoms with E-state index in [0.29, 0.717) is 38.4 Å². The minimum atomic E-state index is -0.0215. The van der Waals surface area contributed by atoms with Crippen LogP contribution >= 0.6 is 15.9 Å². The zero-order chi connectivity index (χ0) is 18.7. The summed E-state index contributed by atoms with van der Waals surface area (Å²) >= 11 is 3.34. The molecule has 0 saturated carbocycles. The molecule has 0 bridgehead atoms. The third-order valence-electron chi connectivity index (χ3n) is 4.78. The number of aromatic amines is 1. The highest BCUT2D eigenvalue weighted by Crippen LogP contribution is 2.18. The van der Waals surface area contributed by atoms with Gasteiger partial charge in [-0.2, -0.15) is 0 Å². The Morgan fingerprint density at radius 2 is 1.92 bits per heavy atom. The zero-order valence-corrected chi connectivity index (χ0v) is 16.6. The molecule has 0 atom stereocenters. The van der Waals surface area contributed by atoms with E-state index in [2.05, 4.69) is 31.1 Å². The fraction of sp³-hybridized carbons (Fsp3) is 0.368. The van der Waals surface area contributed by atoms with Gasteiger partial charge in [0.15, 0.2) is 0 Å². The molecule has 2 heterocycles. The fourth-order valence-electron chi connectivity index (χ4n) is 3.05. The van der Waals surface area contributed by atoms with Gasteiger partial charge >= 0.3 is 0 Å². The summed E-state index contributed by atoms with van der Waals surface area (Å²) in [6, 6.07) is 7.68. The van der Waals surface area contributed by atoms with Crippen LogP contribution in [-0.2, 0) is 4.79 Å². The molecule has 2 amide bonds. The Bertz CT molecular complexity index is 810. The molecule has 0 spiro atoms. The summed E-state index contributed by atoms with van der Waals surface area (Å²) in [5, 5.41) is 2.99. The first kappa shape index (κ1) is 18.7. The molecule has 0 radical (unpaired) electrons. The average molecular weight is 419 g/mol. The third-order valence-corrected chi connectivity index (χ3v) is 5.24. The SMILES string of the molecule is Cc1cccc(NC(=O)CN2CCN(C(=O)c3cc(Br)c[nH]3)CC2)c1C. The molecule has 6 nitrogen and oxygen atoms in total. The van der Waals surface area contributed by atoms with Gasteiger partial charge in [0.2, 0.25) is 5.91 Å². The van der Waals surface area contributed by atoms with Crippen molar-refractivity contribution < 1.29 is 9.59 Å². The van der Waals surface area contributed by atoms with Gasteiger partial charge in [-0.3, -0.25) is 14.5 Å². The zero-order valence-electron chi connectivity index (χ0n) is 15.0. The summed E-state index contributed by atoms with van der Waals surface area (Å²) in [6.07, 6.45) is 1.75. The molecule has 3 rings (SSSR count). The van der Waals surface area contributed by atoms with Crippen molar-refractivity contribution in [3.05, 3.63) is 51.8 Å². The topological polar surface area (TPSA) is 68.4 Å². The van der Waals surface area contributed by atoms with Crippen LogP contribution in [0, 0.1) is 13.8 Å². The van der Waals surface area contributed by atoms with Crippen molar-refractivity contribution in [2.45, 2.75) is 13.8 Å². The van der Waals surface area contributed by atoms with Crippen LogP contribution in [0.2, 0.25) is 0 Å². The van der Waals surface area contributed by atoms with E-state index >= 15 is 0 Å². The maximum Gasteiger partial charge on any atom is 0.270 e. The van der Waals surface area contributed by atoms with Gasteiger partial charge in [0, 0.05) is 42.5 Å². The monoisotopic (exact) mass is 418 g/mol. The van der Waals surface area contributed by atoms with Gasteiger partial charge in [-0.25, -0.2) is 0 Å². The number of nitrogens with zero attached hydrogens (tertiary/aromatic N) is 2. The molecule has 7 heteroatoms. The Kier molecular flexibility index (Phi) is 5.78. The van der Waals surface area contributed by atoms with Crippen molar-refractivity contribution in [2.24, 2.45) is 0 Å². The second kappa shape index (κ2) is 8.05. The number of nitrogens with one attached hydrogen (secondary N) is 2. The van der Waals surface area contributed by atoms with E-state index in [1.54, 1.807) is 12.3 Å². The number of anilines is 1. The first-order chi connectivity index (χ1) is 12.4. The number of carbonyl (C=O) groups is 2. The van der Waals surface area contributed by atoms with E-state index in [4.69, 9.17) is 0 Å². The lowest BCUT2D eigenvalue weighted by Gasteiger charge is -2.34. The molecular formula is C19H23BrN4O2. The number of carbonyl (C=O) groups excluding carboxylic acids is 2. The van der Waals surface area contributed by atoms with Gasteiger partial charge in [-0.15, -0.1) is 0 Å². The quantitative estimate of drug-likeness (QED) is 0.801. The molecule has 1 aromatic carbocycles. The second-order valence-electron chi connectivity index (χ2n) is 6.60. The predicted molar refractivity (Wildman–Crippen MR) is 105 cm³/mol. The highest BCUT2D eigenvalue weighted by Gasteiger charge is 2.24. The minimum Gasteiger partial charge on any atom is -0.356 e. The smallest absolute Gasteiger partial charge is 0.270 e. The van der Waals surface area contributed by atoms with Gasteiger partial charge in [0.05, 0.1) is 6.54 Å². The number of aromatic nitrogens is 1. The number of hydrogen-bond acceptors (Lipinski definition) is 3. The van der Waals surface area contributed by atoms with Crippen molar-refractivity contribution in [2.75, 3.05) is 38.0 Å². The molecule has 1 aliphatic rings. The maximum atomic E-state index is 12.4. The van der Waals surface area contributed by atoms with Gasteiger partial charge in [0.1, 0.15) is 5.69 Å². The third kappa shape index (κ3) is 4.34. The standard InChI is InChI=1S/C19H23BrN4O2/c1-13-4-3-5-16(14(13)2)22-18(25)12-23-6-8-24(9-7-23)19(26)17-10-15(20)11-21-17/h3-5,10-11,21H,6-9,12H2,1-2H3,(H,22,25). The van der Waals surface area contributed by atoms with E-state index < -0.39 is 0 Å². The molecule has 0 unspecified atom stereocenters. The molecule has 1 aromatic heterocycles. The number of aryl methyl sites for hydroxylation is 1. The predicted octanol–water partition coefficient (Wildman–Crippen LogP) is 2.79. The molecule has 1 aliphatic heterocycles. The van der Waals surface area contributed by atoms with Crippen molar-refractivity contribution in [1.82, 2.24) is 14.8 Å². The largest absolute Gasteiger partial charge is 0.356 e. The van der Waals surface area contributed by atoms with Crippen molar-refractivity contribution in [3.8, 4) is 0 Å². The normalized spacial score (nSPS) is 15.1. The molecule has 2 N–H and O–H groups in total. The van der Waals surface area contributed by atoms with Crippen LogP contribution in [0.5, 0.6) is 0 Å². The first-order valence-corrected chi connectivity index (χ1v) is 9.45.